The molecule has 0 saturated heterocycles. The fourth-order valence-corrected chi connectivity index (χ4v) is 2.75. The molecule has 0 N–H and O–H groups in total. The largest absolute Gasteiger partial charge is 0.260 e. The van der Waals surface area contributed by atoms with E-state index in [0.29, 0.717) is 0 Å². The van der Waals surface area contributed by atoms with E-state index >= 15 is 0 Å². The molecular formula is C14H14ClNS. The molecule has 0 bridgehead atoms. The van der Waals surface area contributed by atoms with E-state index in [9.17, 15) is 0 Å². The Hall–Kier alpha value is -0.990. The molecule has 1 nitrogen and oxygen atoms in total. The van der Waals surface area contributed by atoms with Crippen LogP contribution in [0.15, 0.2) is 41.4 Å². The van der Waals surface area contributed by atoms with Crippen LogP contribution in [0.1, 0.15) is 16.8 Å². The Kier molecular flexibility index (Phi) is 4.08. The third-order valence-corrected chi connectivity index (χ3v) is 3.92. The van der Waals surface area contributed by atoms with E-state index in [0.717, 1.165) is 16.5 Å². The van der Waals surface area contributed by atoms with Crippen molar-refractivity contribution >= 4 is 23.4 Å². The van der Waals surface area contributed by atoms with Crippen LogP contribution in [0.3, 0.4) is 0 Å². The van der Waals surface area contributed by atoms with Gasteiger partial charge in [-0.1, -0.05) is 29.3 Å². The zero-order chi connectivity index (χ0) is 12.3. The van der Waals surface area contributed by atoms with E-state index in [2.05, 4.69) is 37.0 Å². The summed E-state index contributed by atoms with van der Waals surface area (Å²) in [5.41, 5.74) is 3.61. The van der Waals surface area contributed by atoms with Crippen LogP contribution in [0.25, 0.3) is 0 Å². The van der Waals surface area contributed by atoms with Crippen molar-refractivity contribution in [1.29, 1.82) is 0 Å². The number of thioether (sulfide) groups is 1. The number of halogens is 1. The van der Waals surface area contributed by atoms with Gasteiger partial charge in [0.25, 0.3) is 0 Å². The molecule has 0 radical (unpaired) electrons. The first kappa shape index (κ1) is 12.5. The molecule has 0 aliphatic rings. The van der Waals surface area contributed by atoms with Crippen LogP contribution >= 0.6 is 23.4 Å². The predicted molar refractivity (Wildman–Crippen MR) is 74.7 cm³/mol. The van der Waals surface area contributed by atoms with E-state index in [1.165, 1.54) is 16.0 Å². The summed E-state index contributed by atoms with van der Waals surface area (Å²) >= 11 is 7.74. The lowest BCUT2D eigenvalue weighted by Gasteiger charge is -2.06. The Balaban J connectivity index is 2.09. The Bertz CT molecular complexity index is 525. The minimum absolute atomic E-state index is 0.747. The Labute approximate surface area is 111 Å². The first-order valence-electron chi connectivity index (χ1n) is 5.45. The average Bonchev–Trinajstić information content (AvgIpc) is 2.30. The van der Waals surface area contributed by atoms with Crippen molar-refractivity contribution in [3.8, 4) is 0 Å². The first-order valence-corrected chi connectivity index (χ1v) is 6.82. The minimum atomic E-state index is 0.747. The van der Waals surface area contributed by atoms with Gasteiger partial charge in [0.2, 0.25) is 0 Å². The second-order valence-electron chi connectivity index (χ2n) is 4.02. The molecule has 0 aliphatic heterocycles. The molecule has 2 aromatic rings. The van der Waals surface area contributed by atoms with Crippen LogP contribution in [0, 0.1) is 13.8 Å². The number of aryl methyl sites for hydroxylation is 2. The SMILES string of the molecule is Cc1ccc(C)c(SCc2cc(Cl)ccn2)c1. The van der Waals surface area contributed by atoms with Crippen LogP contribution in [-0.4, -0.2) is 4.98 Å². The minimum Gasteiger partial charge on any atom is -0.260 e. The fraction of sp³-hybridized carbons (Fsp3) is 0.214. The summed E-state index contributed by atoms with van der Waals surface area (Å²) in [7, 11) is 0. The van der Waals surface area contributed by atoms with E-state index in [-0.39, 0.29) is 0 Å². The lowest BCUT2D eigenvalue weighted by molar-refractivity contribution is 1.17. The van der Waals surface area contributed by atoms with Gasteiger partial charge in [0.15, 0.2) is 0 Å². The summed E-state index contributed by atoms with van der Waals surface area (Å²) in [5, 5.41) is 0.747. The van der Waals surface area contributed by atoms with E-state index in [1.54, 1.807) is 24.0 Å². The van der Waals surface area contributed by atoms with Crippen molar-refractivity contribution in [1.82, 2.24) is 4.98 Å². The summed E-state index contributed by atoms with van der Waals surface area (Å²) in [6.07, 6.45) is 1.75. The second-order valence-corrected chi connectivity index (χ2v) is 5.48. The number of aromatic nitrogens is 1. The van der Waals surface area contributed by atoms with Gasteiger partial charge in [0.05, 0.1) is 5.69 Å². The average molecular weight is 264 g/mol. The molecule has 0 unspecified atom stereocenters. The van der Waals surface area contributed by atoms with Gasteiger partial charge < -0.3 is 0 Å². The zero-order valence-corrected chi connectivity index (χ0v) is 11.5. The second kappa shape index (κ2) is 5.56. The Morgan fingerprint density at radius 2 is 2.00 bits per heavy atom. The smallest absolute Gasteiger partial charge is 0.0521 e. The molecule has 0 amide bonds. The van der Waals surface area contributed by atoms with Gasteiger partial charge in [0.1, 0.15) is 0 Å². The van der Waals surface area contributed by atoms with Crippen LogP contribution in [-0.2, 0) is 5.75 Å². The molecule has 0 spiro atoms. The molecule has 1 aromatic carbocycles. The molecule has 2 rings (SSSR count). The highest BCUT2D eigenvalue weighted by Crippen LogP contribution is 2.26. The standard InChI is InChI=1S/C14H14ClNS/c1-10-3-4-11(2)14(7-10)17-9-13-8-12(15)5-6-16-13/h3-8H,9H2,1-2H3. The maximum absolute atomic E-state index is 5.93. The van der Waals surface area contributed by atoms with Crippen LogP contribution in [0.5, 0.6) is 0 Å². The topological polar surface area (TPSA) is 12.9 Å². The van der Waals surface area contributed by atoms with E-state index in [4.69, 9.17) is 11.6 Å². The highest BCUT2D eigenvalue weighted by molar-refractivity contribution is 7.98. The van der Waals surface area contributed by atoms with Gasteiger partial charge >= 0.3 is 0 Å². The van der Waals surface area contributed by atoms with Crippen LogP contribution in [0.2, 0.25) is 5.02 Å². The number of pyridine rings is 1. The lowest BCUT2D eigenvalue weighted by atomic mass is 10.2. The summed E-state index contributed by atoms with van der Waals surface area (Å²) in [6, 6.07) is 10.2. The zero-order valence-electron chi connectivity index (χ0n) is 9.90. The summed E-state index contributed by atoms with van der Waals surface area (Å²) in [5.74, 6) is 0.852. The summed E-state index contributed by atoms with van der Waals surface area (Å²) in [4.78, 5) is 5.61. The maximum Gasteiger partial charge on any atom is 0.0521 e. The third-order valence-electron chi connectivity index (χ3n) is 2.50. The molecule has 3 heteroatoms. The molecule has 0 aliphatic carbocycles. The fourth-order valence-electron chi connectivity index (χ4n) is 1.54. The van der Waals surface area contributed by atoms with Crippen molar-refractivity contribution in [3.05, 3.63) is 58.4 Å². The monoisotopic (exact) mass is 263 g/mol. The number of benzene rings is 1. The highest BCUT2D eigenvalue weighted by atomic mass is 35.5. The molecule has 0 saturated carbocycles. The molecular weight excluding hydrogens is 250 g/mol. The number of hydrogen-bond donors (Lipinski definition) is 0. The molecule has 0 fully saturated rings. The van der Waals surface area contributed by atoms with Crippen LogP contribution in [0.4, 0.5) is 0 Å². The Morgan fingerprint density at radius 1 is 1.18 bits per heavy atom. The maximum atomic E-state index is 5.93. The summed E-state index contributed by atoms with van der Waals surface area (Å²) in [6.45, 7) is 4.24. The van der Waals surface area contributed by atoms with Gasteiger partial charge in [0, 0.05) is 21.9 Å². The Morgan fingerprint density at radius 3 is 2.76 bits per heavy atom. The lowest BCUT2D eigenvalue weighted by Crippen LogP contribution is -1.87. The molecule has 1 heterocycles. The van der Waals surface area contributed by atoms with Crippen molar-refractivity contribution < 1.29 is 0 Å². The van der Waals surface area contributed by atoms with Gasteiger partial charge in [-0.05, 0) is 37.6 Å². The molecule has 0 atom stereocenters. The van der Waals surface area contributed by atoms with Crippen molar-refractivity contribution in [3.63, 3.8) is 0 Å². The third kappa shape index (κ3) is 3.48. The molecule has 17 heavy (non-hydrogen) atoms. The molecule has 88 valence electrons. The number of hydrogen-bond acceptors (Lipinski definition) is 2. The number of rotatable bonds is 3. The molecule has 1 aromatic heterocycles. The van der Waals surface area contributed by atoms with E-state index < -0.39 is 0 Å². The van der Waals surface area contributed by atoms with Gasteiger partial charge in [-0.3, -0.25) is 4.98 Å². The van der Waals surface area contributed by atoms with Crippen molar-refractivity contribution in [2.24, 2.45) is 0 Å². The first-order chi connectivity index (χ1) is 8.15. The normalized spacial score (nSPS) is 10.5. The van der Waals surface area contributed by atoms with E-state index in [1.807, 2.05) is 6.07 Å². The number of nitrogens with zero attached hydrogens (tertiary/aromatic N) is 1. The van der Waals surface area contributed by atoms with Gasteiger partial charge in [-0.25, -0.2) is 0 Å². The van der Waals surface area contributed by atoms with Gasteiger partial charge in [-0.15, -0.1) is 11.8 Å². The summed E-state index contributed by atoms with van der Waals surface area (Å²) < 4.78 is 0. The van der Waals surface area contributed by atoms with Crippen LogP contribution < -0.4 is 0 Å². The quantitative estimate of drug-likeness (QED) is 0.748. The highest BCUT2D eigenvalue weighted by Gasteiger charge is 2.02. The van der Waals surface area contributed by atoms with Crippen molar-refractivity contribution in [2.45, 2.75) is 24.5 Å². The predicted octanol–water partition coefficient (Wildman–Crippen LogP) is 4.64. The van der Waals surface area contributed by atoms with Gasteiger partial charge in [-0.2, -0.15) is 0 Å². The van der Waals surface area contributed by atoms with Crippen molar-refractivity contribution in [2.75, 3.05) is 0 Å².